The van der Waals surface area contributed by atoms with E-state index in [1.807, 2.05) is 18.7 Å². The number of hydrogen-bond donors (Lipinski definition) is 0. The van der Waals surface area contributed by atoms with Crippen molar-refractivity contribution in [2.75, 3.05) is 45.4 Å². The second-order valence-corrected chi connectivity index (χ2v) is 4.38. The quantitative estimate of drug-likeness (QED) is 0.675. The number of aryl methyl sites for hydroxylation is 2. The van der Waals surface area contributed by atoms with Gasteiger partial charge in [0.05, 0.1) is 24.8 Å². The molecule has 0 atom stereocenters. The number of nitrogens with zero attached hydrogens (tertiary/aromatic N) is 3. The Balaban J connectivity index is 2.95. The summed E-state index contributed by atoms with van der Waals surface area (Å²) in [4.78, 5) is 2.20. The summed E-state index contributed by atoms with van der Waals surface area (Å²) < 4.78 is 12.2. The molecule has 0 radical (unpaired) electrons. The highest BCUT2D eigenvalue weighted by atomic mass is 35.5. The molecule has 1 heterocycles. The monoisotopic (exact) mass is 275 g/mol. The van der Waals surface area contributed by atoms with Crippen LogP contribution in [0.4, 0.5) is 5.82 Å². The largest absolute Gasteiger partial charge is 0.383 e. The van der Waals surface area contributed by atoms with Gasteiger partial charge in [-0.2, -0.15) is 5.10 Å². The third-order valence-corrected chi connectivity index (χ3v) is 3.14. The van der Waals surface area contributed by atoms with Crippen LogP contribution in [0.15, 0.2) is 0 Å². The highest BCUT2D eigenvalue weighted by Gasteiger charge is 2.18. The van der Waals surface area contributed by atoms with Crippen LogP contribution in [0.2, 0.25) is 0 Å². The average Bonchev–Trinajstić information content (AvgIpc) is 2.64. The first-order valence-electron chi connectivity index (χ1n) is 5.97. The fraction of sp³-hybridized carbons (Fsp3) is 0.750. The highest BCUT2D eigenvalue weighted by molar-refractivity contribution is 6.17. The van der Waals surface area contributed by atoms with Crippen molar-refractivity contribution in [1.29, 1.82) is 0 Å². The number of ether oxygens (including phenoxy) is 2. The summed E-state index contributed by atoms with van der Waals surface area (Å²) >= 11 is 6.02. The Labute approximate surface area is 114 Å². The van der Waals surface area contributed by atoms with Gasteiger partial charge in [-0.1, -0.05) is 0 Å². The standard InChI is InChI=1S/C12H22ClN3O2/c1-10-11(9-13)12(15(2)14-10)16(5-7-17-3)6-8-18-4/h5-9H2,1-4H3. The lowest BCUT2D eigenvalue weighted by atomic mass is 10.2. The number of hydrogen-bond acceptors (Lipinski definition) is 4. The van der Waals surface area contributed by atoms with Crippen LogP contribution in [0.5, 0.6) is 0 Å². The van der Waals surface area contributed by atoms with E-state index in [1.165, 1.54) is 0 Å². The number of methoxy groups -OCH3 is 2. The van der Waals surface area contributed by atoms with Crippen LogP contribution < -0.4 is 4.90 Å². The van der Waals surface area contributed by atoms with E-state index in [4.69, 9.17) is 21.1 Å². The lowest BCUT2D eigenvalue weighted by molar-refractivity contribution is 0.189. The minimum Gasteiger partial charge on any atom is -0.383 e. The average molecular weight is 276 g/mol. The molecule has 0 aliphatic heterocycles. The predicted molar refractivity (Wildman–Crippen MR) is 73.5 cm³/mol. The Kier molecular flexibility index (Phi) is 6.46. The van der Waals surface area contributed by atoms with Gasteiger partial charge in [0.25, 0.3) is 0 Å². The summed E-state index contributed by atoms with van der Waals surface area (Å²) in [5.74, 6) is 1.52. The molecule has 0 saturated carbocycles. The van der Waals surface area contributed by atoms with Crippen LogP contribution in [-0.4, -0.2) is 50.3 Å². The summed E-state index contributed by atoms with van der Waals surface area (Å²) in [6.07, 6.45) is 0. The van der Waals surface area contributed by atoms with Gasteiger partial charge in [-0.3, -0.25) is 4.68 Å². The maximum atomic E-state index is 6.02. The number of rotatable bonds is 8. The van der Waals surface area contributed by atoms with E-state index in [0.29, 0.717) is 19.1 Å². The van der Waals surface area contributed by atoms with Gasteiger partial charge in [0.2, 0.25) is 0 Å². The Hall–Kier alpha value is -0.780. The summed E-state index contributed by atoms with van der Waals surface area (Å²) in [7, 11) is 5.34. The highest BCUT2D eigenvalue weighted by Crippen LogP contribution is 2.24. The van der Waals surface area contributed by atoms with Gasteiger partial charge in [0.1, 0.15) is 5.82 Å². The maximum absolute atomic E-state index is 6.02. The third kappa shape index (κ3) is 3.60. The molecule has 0 spiro atoms. The minimum absolute atomic E-state index is 0.464. The molecule has 0 unspecified atom stereocenters. The molecular formula is C12H22ClN3O2. The zero-order valence-corrected chi connectivity index (χ0v) is 12.3. The lowest BCUT2D eigenvalue weighted by Crippen LogP contribution is -2.32. The van der Waals surface area contributed by atoms with Crippen molar-refractivity contribution in [3.63, 3.8) is 0 Å². The summed E-state index contributed by atoms with van der Waals surface area (Å²) in [5, 5.41) is 4.43. The zero-order valence-electron chi connectivity index (χ0n) is 11.6. The van der Waals surface area contributed by atoms with Gasteiger partial charge < -0.3 is 14.4 Å². The summed E-state index contributed by atoms with van der Waals surface area (Å²) in [5.41, 5.74) is 2.05. The van der Waals surface area contributed by atoms with Gasteiger partial charge in [-0.05, 0) is 6.92 Å². The molecule has 5 nitrogen and oxygen atoms in total. The van der Waals surface area contributed by atoms with E-state index >= 15 is 0 Å². The number of alkyl halides is 1. The lowest BCUT2D eigenvalue weighted by Gasteiger charge is -2.25. The molecule has 1 rings (SSSR count). The molecular weight excluding hydrogens is 254 g/mol. The number of aromatic nitrogens is 2. The maximum Gasteiger partial charge on any atom is 0.131 e. The topological polar surface area (TPSA) is 39.5 Å². The first-order valence-corrected chi connectivity index (χ1v) is 6.50. The first-order chi connectivity index (χ1) is 8.65. The summed E-state index contributed by atoms with van der Waals surface area (Å²) in [6.45, 7) is 4.89. The van der Waals surface area contributed by atoms with Crippen molar-refractivity contribution >= 4 is 17.4 Å². The van der Waals surface area contributed by atoms with Crippen LogP contribution >= 0.6 is 11.6 Å². The van der Waals surface area contributed by atoms with E-state index < -0.39 is 0 Å². The van der Waals surface area contributed by atoms with E-state index in [-0.39, 0.29) is 0 Å². The second-order valence-electron chi connectivity index (χ2n) is 4.12. The molecule has 0 bridgehead atoms. The molecule has 0 saturated heterocycles. The van der Waals surface area contributed by atoms with Crippen molar-refractivity contribution in [2.45, 2.75) is 12.8 Å². The Morgan fingerprint density at radius 3 is 2.22 bits per heavy atom. The molecule has 0 aliphatic rings. The molecule has 0 amide bonds. The van der Waals surface area contributed by atoms with Gasteiger partial charge in [0, 0.05) is 39.9 Å². The molecule has 6 heteroatoms. The van der Waals surface area contributed by atoms with Crippen LogP contribution in [0.1, 0.15) is 11.3 Å². The van der Waals surface area contributed by atoms with Gasteiger partial charge >= 0.3 is 0 Å². The normalized spacial score (nSPS) is 10.9. The molecule has 104 valence electrons. The first kappa shape index (κ1) is 15.3. The van der Waals surface area contributed by atoms with Crippen LogP contribution in [-0.2, 0) is 22.4 Å². The van der Waals surface area contributed by atoms with Crippen molar-refractivity contribution in [3.8, 4) is 0 Å². The second kappa shape index (κ2) is 7.61. The van der Waals surface area contributed by atoms with E-state index in [1.54, 1.807) is 14.2 Å². The van der Waals surface area contributed by atoms with Crippen molar-refractivity contribution in [2.24, 2.45) is 7.05 Å². The predicted octanol–water partition coefficient (Wildman–Crippen LogP) is 1.57. The molecule has 1 aromatic rings. The molecule has 0 aliphatic carbocycles. The Bertz CT molecular complexity index is 360. The van der Waals surface area contributed by atoms with Crippen molar-refractivity contribution < 1.29 is 9.47 Å². The van der Waals surface area contributed by atoms with Crippen LogP contribution in [0, 0.1) is 6.92 Å². The molecule has 0 fully saturated rings. The zero-order chi connectivity index (χ0) is 13.5. The van der Waals surface area contributed by atoms with Crippen molar-refractivity contribution in [1.82, 2.24) is 9.78 Å². The van der Waals surface area contributed by atoms with E-state index in [0.717, 1.165) is 30.2 Å². The fourth-order valence-electron chi connectivity index (χ4n) is 1.97. The molecule has 18 heavy (non-hydrogen) atoms. The van der Waals surface area contributed by atoms with E-state index in [9.17, 15) is 0 Å². The fourth-order valence-corrected chi connectivity index (χ4v) is 2.28. The molecule has 1 aromatic heterocycles. The minimum atomic E-state index is 0.464. The third-order valence-electron chi connectivity index (χ3n) is 2.88. The number of halogens is 1. The Morgan fingerprint density at radius 2 is 1.78 bits per heavy atom. The van der Waals surface area contributed by atoms with E-state index in [2.05, 4.69) is 10.00 Å². The van der Waals surface area contributed by atoms with Crippen molar-refractivity contribution in [3.05, 3.63) is 11.3 Å². The number of anilines is 1. The van der Waals surface area contributed by atoms with Gasteiger partial charge in [-0.25, -0.2) is 0 Å². The Morgan fingerprint density at radius 1 is 1.22 bits per heavy atom. The van der Waals surface area contributed by atoms with Crippen LogP contribution in [0.3, 0.4) is 0 Å². The molecule has 0 N–H and O–H groups in total. The summed E-state index contributed by atoms with van der Waals surface area (Å²) in [6, 6.07) is 0. The van der Waals surface area contributed by atoms with Crippen LogP contribution in [0.25, 0.3) is 0 Å². The SMILES string of the molecule is COCCN(CCOC)c1c(CCl)c(C)nn1C. The van der Waals surface area contributed by atoms with Gasteiger partial charge in [0.15, 0.2) is 0 Å². The molecule has 0 aromatic carbocycles. The van der Waals surface area contributed by atoms with Gasteiger partial charge in [-0.15, -0.1) is 11.6 Å². The smallest absolute Gasteiger partial charge is 0.131 e.